The highest BCUT2D eigenvalue weighted by atomic mass is 16.3. The Morgan fingerprint density at radius 2 is 1.94 bits per heavy atom. The molecular weight excluding hydrogens is 220 g/mol. The van der Waals surface area contributed by atoms with Gasteiger partial charge in [0.1, 0.15) is 0 Å². The second-order valence-corrected chi connectivity index (χ2v) is 3.67. The van der Waals surface area contributed by atoms with E-state index in [2.05, 4.69) is 5.32 Å². The average molecular weight is 238 g/mol. The Balaban J connectivity index is 2.83. The number of carbonyl (C=O) groups is 1. The molecule has 5 nitrogen and oxygen atoms in total. The van der Waals surface area contributed by atoms with E-state index < -0.39 is 0 Å². The van der Waals surface area contributed by atoms with Gasteiger partial charge in [-0.25, -0.2) is 0 Å². The van der Waals surface area contributed by atoms with Crippen molar-refractivity contribution >= 4 is 17.3 Å². The van der Waals surface area contributed by atoms with Gasteiger partial charge in [-0.05, 0) is 18.2 Å². The highest BCUT2D eigenvalue weighted by Gasteiger charge is 2.06. The highest BCUT2D eigenvalue weighted by molar-refractivity contribution is 5.89. The molecule has 1 aromatic carbocycles. The Bertz CT molecular complexity index is 363. The molecule has 1 aromatic rings. The van der Waals surface area contributed by atoms with Gasteiger partial charge in [0.2, 0.25) is 5.91 Å². The predicted molar refractivity (Wildman–Crippen MR) is 67.1 cm³/mol. The van der Waals surface area contributed by atoms with Crippen LogP contribution < -0.4 is 10.2 Å². The van der Waals surface area contributed by atoms with Crippen LogP contribution >= 0.6 is 0 Å². The first-order valence-corrected chi connectivity index (χ1v) is 5.51. The molecule has 0 aliphatic rings. The molecule has 17 heavy (non-hydrogen) atoms. The maximum atomic E-state index is 10.9. The molecule has 0 saturated carbocycles. The summed E-state index contributed by atoms with van der Waals surface area (Å²) in [6.45, 7) is 2.38. The lowest BCUT2D eigenvalue weighted by Crippen LogP contribution is -2.29. The second-order valence-electron chi connectivity index (χ2n) is 3.67. The van der Waals surface area contributed by atoms with Crippen LogP contribution in [0.15, 0.2) is 24.3 Å². The van der Waals surface area contributed by atoms with E-state index in [1.54, 1.807) is 6.07 Å². The summed E-state index contributed by atoms with van der Waals surface area (Å²) in [6, 6.07) is 7.30. The molecule has 3 N–H and O–H groups in total. The third kappa shape index (κ3) is 4.42. The van der Waals surface area contributed by atoms with Crippen LogP contribution in [0.2, 0.25) is 0 Å². The van der Waals surface area contributed by atoms with Gasteiger partial charge in [-0.15, -0.1) is 0 Å². The molecule has 0 unspecified atom stereocenters. The topological polar surface area (TPSA) is 72.8 Å². The number of nitrogens with one attached hydrogen (secondary N) is 1. The van der Waals surface area contributed by atoms with Crippen molar-refractivity contribution in [1.29, 1.82) is 0 Å². The maximum Gasteiger partial charge on any atom is 0.221 e. The molecule has 1 rings (SSSR count). The van der Waals surface area contributed by atoms with E-state index >= 15 is 0 Å². The summed E-state index contributed by atoms with van der Waals surface area (Å²) in [6.07, 6.45) is 0. The van der Waals surface area contributed by atoms with Crippen molar-refractivity contribution in [2.45, 2.75) is 6.92 Å². The molecule has 0 bridgehead atoms. The number of rotatable bonds is 6. The predicted octanol–water partition coefficient (Wildman–Crippen LogP) is 0.436. The van der Waals surface area contributed by atoms with Crippen LogP contribution in [0.1, 0.15) is 6.92 Å². The van der Waals surface area contributed by atoms with Gasteiger partial charge in [-0.3, -0.25) is 4.79 Å². The maximum absolute atomic E-state index is 10.9. The molecule has 94 valence electrons. The molecule has 0 fully saturated rings. The van der Waals surface area contributed by atoms with Crippen LogP contribution in [0.4, 0.5) is 11.4 Å². The molecule has 0 aliphatic heterocycles. The smallest absolute Gasteiger partial charge is 0.221 e. The minimum absolute atomic E-state index is 0.0182. The van der Waals surface area contributed by atoms with E-state index in [1.165, 1.54) is 6.92 Å². The fraction of sp³-hybridized carbons (Fsp3) is 0.417. The molecule has 0 radical (unpaired) electrons. The number of nitrogens with zero attached hydrogens (tertiary/aromatic N) is 1. The Labute approximate surface area is 101 Å². The minimum Gasteiger partial charge on any atom is -0.395 e. The fourth-order valence-electron chi connectivity index (χ4n) is 1.60. The Kier molecular flexibility index (Phi) is 5.45. The van der Waals surface area contributed by atoms with E-state index in [1.807, 2.05) is 23.1 Å². The summed E-state index contributed by atoms with van der Waals surface area (Å²) in [5.41, 5.74) is 1.57. The number of aliphatic hydroxyl groups is 2. The first-order valence-electron chi connectivity index (χ1n) is 5.51. The molecule has 0 aliphatic carbocycles. The third-order valence-corrected chi connectivity index (χ3v) is 2.27. The van der Waals surface area contributed by atoms with Crippen molar-refractivity contribution in [1.82, 2.24) is 0 Å². The zero-order chi connectivity index (χ0) is 12.7. The first-order chi connectivity index (χ1) is 8.17. The zero-order valence-corrected chi connectivity index (χ0v) is 9.89. The van der Waals surface area contributed by atoms with Gasteiger partial charge in [0, 0.05) is 31.4 Å². The summed E-state index contributed by atoms with van der Waals surface area (Å²) in [5, 5.41) is 20.6. The minimum atomic E-state index is -0.127. The number of hydrogen-bond donors (Lipinski definition) is 3. The van der Waals surface area contributed by atoms with E-state index in [-0.39, 0.29) is 19.1 Å². The van der Waals surface area contributed by atoms with Gasteiger partial charge >= 0.3 is 0 Å². The van der Waals surface area contributed by atoms with Crippen molar-refractivity contribution in [2.24, 2.45) is 0 Å². The summed E-state index contributed by atoms with van der Waals surface area (Å²) in [5.74, 6) is -0.127. The van der Waals surface area contributed by atoms with Crippen LogP contribution in [0.3, 0.4) is 0 Å². The second kappa shape index (κ2) is 6.88. The average Bonchev–Trinajstić information content (AvgIpc) is 2.28. The molecule has 1 amide bonds. The Morgan fingerprint density at radius 3 is 2.47 bits per heavy atom. The quantitative estimate of drug-likeness (QED) is 0.672. The number of carbonyl (C=O) groups excluding carboxylic acids is 1. The van der Waals surface area contributed by atoms with E-state index in [0.29, 0.717) is 18.8 Å². The lowest BCUT2D eigenvalue weighted by atomic mass is 10.2. The van der Waals surface area contributed by atoms with Crippen molar-refractivity contribution in [3.05, 3.63) is 24.3 Å². The Hall–Kier alpha value is -1.59. The van der Waals surface area contributed by atoms with E-state index in [9.17, 15) is 4.79 Å². The lowest BCUT2D eigenvalue weighted by molar-refractivity contribution is -0.114. The van der Waals surface area contributed by atoms with Crippen molar-refractivity contribution < 1.29 is 15.0 Å². The molecular formula is C12H18N2O3. The highest BCUT2D eigenvalue weighted by Crippen LogP contribution is 2.19. The van der Waals surface area contributed by atoms with Gasteiger partial charge in [-0.1, -0.05) is 6.07 Å². The van der Waals surface area contributed by atoms with Crippen LogP contribution in [0, 0.1) is 0 Å². The van der Waals surface area contributed by atoms with Crippen LogP contribution in [-0.4, -0.2) is 42.4 Å². The molecule has 5 heteroatoms. The fourth-order valence-corrected chi connectivity index (χ4v) is 1.60. The summed E-state index contributed by atoms with van der Waals surface area (Å²) in [7, 11) is 0. The molecule has 0 heterocycles. The normalized spacial score (nSPS) is 10.1. The van der Waals surface area contributed by atoms with Crippen LogP contribution in [-0.2, 0) is 4.79 Å². The van der Waals surface area contributed by atoms with Crippen LogP contribution in [0.5, 0.6) is 0 Å². The number of benzene rings is 1. The molecule has 0 aromatic heterocycles. The number of anilines is 2. The SMILES string of the molecule is CC(=O)Nc1cccc(N(CCO)CCO)c1. The third-order valence-electron chi connectivity index (χ3n) is 2.27. The molecule has 0 spiro atoms. The molecule has 0 atom stereocenters. The first kappa shape index (κ1) is 13.5. The monoisotopic (exact) mass is 238 g/mol. The standard InChI is InChI=1S/C12H18N2O3/c1-10(17)13-11-3-2-4-12(9-11)14(5-7-15)6-8-16/h2-4,9,15-16H,5-8H2,1H3,(H,13,17). The number of amides is 1. The van der Waals surface area contributed by atoms with Crippen molar-refractivity contribution in [3.63, 3.8) is 0 Å². The summed E-state index contributed by atoms with van der Waals surface area (Å²) in [4.78, 5) is 12.8. The van der Waals surface area contributed by atoms with E-state index in [0.717, 1.165) is 5.69 Å². The lowest BCUT2D eigenvalue weighted by Gasteiger charge is -2.23. The largest absolute Gasteiger partial charge is 0.395 e. The van der Waals surface area contributed by atoms with Crippen molar-refractivity contribution in [3.8, 4) is 0 Å². The van der Waals surface area contributed by atoms with Gasteiger partial charge in [0.25, 0.3) is 0 Å². The van der Waals surface area contributed by atoms with E-state index in [4.69, 9.17) is 10.2 Å². The summed E-state index contributed by atoms with van der Waals surface area (Å²) >= 11 is 0. The summed E-state index contributed by atoms with van der Waals surface area (Å²) < 4.78 is 0. The molecule has 0 saturated heterocycles. The Morgan fingerprint density at radius 1 is 1.29 bits per heavy atom. The number of aliphatic hydroxyl groups excluding tert-OH is 2. The van der Waals surface area contributed by atoms with Gasteiger partial charge in [0.05, 0.1) is 13.2 Å². The van der Waals surface area contributed by atoms with Gasteiger partial charge in [0.15, 0.2) is 0 Å². The van der Waals surface area contributed by atoms with Crippen molar-refractivity contribution in [2.75, 3.05) is 36.5 Å². The zero-order valence-electron chi connectivity index (χ0n) is 9.89. The van der Waals surface area contributed by atoms with Gasteiger partial charge < -0.3 is 20.4 Å². The van der Waals surface area contributed by atoms with Gasteiger partial charge in [-0.2, -0.15) is 0 Å². The number of hydrogen-bond acceptors (Lipinski definition) is 4. The van der Waals surface area contributed by atoms with Crippen LogP contribution in [0.25, 0.3) is 0 Å².